The summed E-state index contributed by atoms with van der Waals surface area (Å²) in [5, 5.41) is 14.4. The van der Waals surface area contributed by atoms with Crippen molar-refractivity contribution in [2.45, 2.75) is 83.4 Å². The molecule has 212 valence electrons. The molecular weight excluding hydrogens is 518 g/mol. The van der Waals surface area contributed by atoms with Crippen LogP contribution >= 0.6 is 0 Å². The average molecular weight is 560 g/mol. The standard InChI is InChI=1S/C33H41NO5Si/c1-33(2,3)40(29-15-9-5-10-16-29,30-17-11-6-12-18-30)39-28-21-19-25(20-22-31(35)36)26(23-28)24-38-32(37)34-27-13-7-4-8-14-27/h5-6,9-12,15-19,21,23,27H,4,7-8,13-14,20,22,24H2,1-3H3,(H,34,37)(H,35,36). The minimum absolute atomic E-state index is 0.00379. The molecule has 0 radical (unpaired) electrons. The maximum Gasteiger partial charge on any atom is 0.407 e. The van der Waals surface area contributed by atoms with Crippen molar-refractivity contribution in [2.24, 2.45) is 0 Å². The van der Waals surface area contributed by atoms with Crippen LogP contribution < -0.4 is 20.1 Å². The summed E-state index contributed by atoms with van der Waals surface area (Å²) in [6.45, 7) is 6.71. The van der Waals surface area contributed by atoms with E-state index in [0.717, 1.165) is 47.2 Å². The second kappa shape index (κ2) is 13.2. The number of aliphatic carboxylic acids is 1. The summed E-state index contributed by atoms with van der Waals surface area (Å²) in [4.78, 5) is 24.0. The zero-order valence-electron chi connectivity index (χ0n) is 23.8. The van der Waals surface area contributed by atoms with Crippen molar-refractivity contribution in [3.63, 3.8) is 0 Å². The van der Waals surface area contributed by atoms with Crippen LogP contribution in [-0.4, -0.2) is 31.5 Å². The van der Waals surface area contributed by atoms with E-state index in [-0.39, 0.29) is 24.1 Å². The molecule has 3 aromatic rings. The van der Waals surface area contributed by atoms with Gasteiger partial charge in [-0.1, -0.05) is 107 Å². The van der Waals surface area contributed by atoms with Crippen LogP contribution in [0, 0.1) is 0 Å². The number of aryl methyl sites for hydroxylation is 1. The molecule has 0 unspecified atom stereocenters. The van der Waals surface area contributed by atoms with Crippen LogP contribution in [0.4, 0.5) is 4.79 Å². The maximum absolute atomic E-state index is 12.6. The van der Waals surface area contributed by atoms with Gasteiger partial charge in [-0.25, -0.2) is 4.79 Å². The minimum Gasteiger partial charge on any atom is -0.534 e. The molecule has 1 aliphatic carbocycles. The minimum atomic E-state index is -2.86. The highest BCUT2D eigenvalue weighted by Gasteiger charge is 2.52. The summed E-state index contributed by atoms with van der Waals surface area (Å²) < 4.78 is 12.8. The van der Waals surface area contributed by atoms with Gasteiger partial charge in [0.2, 0.25) is 0 Å². The lowest BCUT2D eigenvalue weighted by atomic mass is 9.96. The summed E-state index contributed by atoms with van der Waals surface area (Å²) in [6.07, 6.45) is 5.29. The smallest absolute Gasteiger partial charge is 0.407 e. The first-order valence-electron chi connectivity index (χ1n) is 14.3. The summed E-state index contributed by atoms with van der Waals surface area (Å²) in [6, 6.07) is 26.7. The van der Waals surface area contributed by atoms with Crippen molar-refractivity contribution >= 4 is 30.8 Å². The molecule has 1 aliphatic rings. The molecule has 0 heterocycles. The number of carbonyl (C=O) groups is 2. The van der Waals surface area contributed by atoms with Crippen molar-refractivity contribution in [2.75, 3.05) is 0 Å². The fourth-order valence-electron chi connectivity index (χ4n) is 5.71. The predicted molar refractivity (Wildman–Crippen MR) is 161 cm³/mol. The Bertz CT molecular complexity index is 1230. The molecule has 0 aromatic heterocycles. The first-order chi connectivity index (χ1) is 19.2. The van der Waals surface area contributed by atoms with Gasteiger partial charge < -0.3 is 19.6 Å². The molecule has 1 saturated carbocycles. The van der Waals surface area contributed by atoms with Gasteiger partial charge in [0, 0.05) is 12.5 Å². The number of carbonyl (C=O) groups excluding carboxylic acids is 1. The van der Waals surface area contributed by atoms with Crippen molar-refractivity contribution < 1.29 is 23.9 Å². The van der Waals surface area contributed by atoms with Gasteiger partial charge in [0.25, 0.3) is 0 Å². The quantitative estimate of drug-likeness (QED) is 0.289. The third-order valence-electron chi connectivity index (χ3n) is 7.76. The van der Waals surface area contributed by atoms with Gasteiger partial charge in [-0.05, 0) is 57.9 Å². The summed E-state index contributed by atoms with van der Waals surface area (Å²) in [5.41, 5.74) is 1.60. The predicted octanol–water partition coefficient (Wildman–Crippen LogP) is 6.20. The molecule has 40 heavy (non-hydrogen) atoms. The monoisotopic (exact) mass is 559 g/mol. The van der Waals surface area contributed by atoms with Crippen LogP contribution in [0.1, 0.15) is 70.4 Å². The van der Waals surface area contributed by atoms with E-state index >= 15 is 0 Å². The van der Waals surface area contributed by atoms with E-state index in [0.29, 0.717) is 12.2 Å². The second-order valence-electron chi connectivity index (χ2n) is 11.6. The Morgan fingerprint density at radius 1 is 0.875 bits per heavy atom. The van der Waals surface area contributed by atoms with E-state index in [9.17, 15) is 14.7 Å². The van der Waals surface area contributed by atoms with Gasteiger partial charge in [-0.2, -0.15) is 0 Å². The second-order valence-corrected chi connectivity index (χ2v) is 15.9. The van der Waals surface area contributed by atoms with E-state index in [1.54, 1.807) is 0 Å². The molecule has 6 nitrogen and oxygen atoms in total. The Labute approximate surface area is 238 Å². The SMILES string of the molecule is CC(C)(C)[Si](Oc1ccc(CCC(=O)O)c(COC(=O)NC2CCCCC2)c1)(c1ccccc1)c1ccccc1. The normalized spacial score (nSPS) is 14.4. The number of nitrogens with one attached hydrogen (secondary N) is 1. The molecule has 1 amide bonds. The van der Waals surface area contributed by atoms with Crippen LogP contribution in [0.5, 0.6) is 5.75 Å². The fourth-order valence-corrected chi connectivity index (χ4v) is 10.1. The Kier molecular flexibility index (Phi) is 9.69. The summed E-state index contributed by atoms with van der Waals surface area (Å²) in [5.74, 6) is -0.186. The molecule has 1 fully saturated rings. The zero-order chi connectivity index (χ0) is 28.6. The number of amides is 1. The first-order valence-corrected chi connectivity index (χ1v) is 16.2. The number of ether oxygens (including phenoxy) is 1. The Morgan fingerprint density at radius 2 is 1.48 bits per heavy atom. The van der Waals surface area contributed by atoms with E-state index in [4.69, 9.17) is 9.16 Å². The highest BCUT2D eigenvalue weighted by Crippen LogP contribution is 2.38. The van der Waals surface area contributed by atoms with Crippen LogP contribution in [0.3, 0.4) is 0 Å². The molecule has 4 rings (SSSR count). The van der Waals surface area contributed by atoms with Crippen LogP contribution in [0.15, 0.2) is 78.9 Å². The number of benzene rings is 3. The number of hydrogen-bond donors (Lipinski definition) is 2. The van der Waals surface area contributed by atoms with Crippen LogP contribution in [0.25, 0.3) is 0 Å². The number of rotatable bonds is 10. The molecule has 0 spiro atoms. The highest BCUT2D eigenvalue weighted by atomic mass is 28.4. The molecular formula is C33H41NO5Si. The molecule has 7 heteroatoms. The average Bonchev–Trinajstić information content (AvgIpc) is 2.95. The zero-order valence-corrected chi connectivity index (χ0v) is 24.8. The van der Waals surface area contributed by atoms with Crippen molar-refractivity contribution in [1.82, 2.24) is 5.32 Å². The Morgan fingerprint density at radius 3 is 2.02 bits per heavy atom. The summed E-state index contributed by atoms with van der Waals surface area (Å²) >= 11 is 0. The van der Waals surface area contributed by atoms with E-state index in [2.05, 4.69) is 50.4 Å². The Hall–Kier alpha value is -3.58. The third kappa shape index (κ3) is 7.13. The molecule has 0 atom stereocenters. The number of carboxylic acids is 1. The molecule has 2 N–H and O–H groups in total. The molecule has 0 bridgehead atoms. The third-order valence-corrected chi connectivity index (χ3v) is 12.7. The van der Waals surface area contributed by atoms with Crippen molar-refractivity contribution in [1.29, 1.82) is 0 Å². The maximum atomic E-state index is 12.6. The van der Waals surface area contributed by atoms with Crippen molar-refractivity contribution in [3.8, 4) is 5.75 Å². The van der Waals surface area contributed by atoms with Crippen LogP contribution in [0.2, 0.25) is 5.04 Å². The molecule has 0 saturated heterocycles. The van der Waals surface area contributed by atoms with Gasteiger partial charge in [0.05, 0.1) is 0 Å². The van der Waals surface area contributed by atoms with E-state index in [1.165, 1.54) is 6.42 Å². The highest BCUT2D eigenvalue weighted by molar-refractivity contribution is 7.00. The van der Waals surface area contributed by atoms with E-state index < -0.39 is 20.4 Å². The van der Waals surface area contributed by atoms with Gasteiger partial charge in [-0.3, -0.25) is 4.79 Å². The van der Waals surface area contributed by atoms with Crippen LogP contribution in [-0.2, 0) is 22.6 Å². The molecule has 0 aliphatic heterocycles. The lowest BCUT2D eigenvalue weighted by molar-refractivity contribution is -0.136. The lowest BCUT2D eigenvalue weighted by Crippen LogP contribution is -2.68. The van der Waals surface area contributed by atoms with Crippen molar-refractivity contribution in [3.05, 3.63) is 90.0 Å². The largest absolute Gasteiger partial charge is 0.534 e. The number of alkyl carbamates (subject to hydrolysis) is 1. The molecule has 3 aromatic carbocycles. The van der Waals surface area contributed by atoms with E-state index in [1.807, 2.05) is 54.6 Å². The lowest BCUT2D eigenvalue weighted by Gasteiger charge is -2.43. The van der Waals surface area contributed by atoms with Gasteiger partial charge in [0.1, 0.15) is 12.4 Å². The topological polar surface area (TPSA) is 84.9 Å². The van der Waals surface area contributed by atoms with Gasteiger partial charge in [0.15, 0.2) is 0 Å². The number of hydrogen-bond acceptors (Lipinski definition) is 4. The number of carboxylic acid groups (broad SMARTS) is 1. The van der Waals surface area contributed by atoms with Gasteiger partial charge in [-0.15, -0.1) is 0 Å². The van der Waals surface area contributed by atoms with Gasteiger partial charge >= 0.3 is 20.4 Å². The Balaban J connectivity index is 1.67. The first kappa shape index (κ1) is 29.4. The fraction of sp³-hybridized carbons (Fsp3) is 0.394. The summed E-state index contributed by atoms with van der Waals surface area (Å²) in [7, 11) is -2.86.